The summed E-state index contributed by atoms with van der Waals surface area (Å²) in [5.41, 5.74) is 1.54. The molecule has 0 saturated carbocycles. The van der Waals surface area contributed by atoms with Crippen LogP contribution >= 0.6 is 11.6 Å². The van der Waals surface area contributed by atoms with Crippen LogP contribution in [0.1, 0.15) is 21.5 Å². The van der Waals surface area contributed by atoms with Gasteiger partial charge >= 0.3 is 0 Å². The van der Waals surface area contributed by atoms with E-state index in [2.05, 4.69) is 5.32 Å². The molecule has 0 fully saturated rings. The molecule has 0 bridgehead atoms. The third kappa shape index (κ3) is 5.60. The Morgan fingerprint density at radius 2 is 1.73 bits per heavy atom. The van der Waals surface area contributed by atoms with Gasteiger partial charge in [-0.05, 0) is 48.9 Å². The van der Waals surface area contributed by atoms with E-state index >= 15 is 0 Å². The average molecular weight is 487 g/mol. The third-order valence-electron chi connectivity index (χ3n) is 4.98. The summed E-state index contributed by atoms with van der Waals surface area (Å²) in [7, 11) is -1.11. The Labute approximate surface area is 198 Å². The Morgan fingerprint density at radius 1 is 1.03 bits per heavy atom. The van der Waals surface area contributed by atoms with Gasteiger partial charge in [0.1, 0.15) is 5.75 Å². The van der Waals surface area contributed by atoms with E-state index in [-0.39, 0.29) is 21.9 Å². The van der Waals surface area contributed by atoms with Gasteiger partial charge in [0.2, 0.25) is 15.9 Å². The van der Waals surface area contributed by atoms with Crippen LogP contribution in [0, 0.1) is 6.92 Å². The summed E-state index contributed by atoms with van der Waals surface area (Å²) in [6.07, 6.45) is 0. The molecule has 0 aliphatic heterocycles. The summed E-state index contributed by atoms with van der Waals surface area (Å²) >= 11 is 6.07. The number of hydrogen-bond donors (Lipinski definition) is 1. The van der Waals surface area contributed by atoms with Crippen molar-refractivity contribution in [2.24, 2.45) is 0 Å². The van der Waals surface area contributed by atoms with E-state index in [0.29, 0.717) is 21.9 Å². The number of benzene rings is 3. The zero-order valence-corrected chi connectivity index (χ0v) is 19.9. The molecule has 7 nitrogen and oxygen atoms in total. The van der Waals surface area contributed by atoms with Crippen LogP contribution < -0.4 is 10.1 Å². The molecule has 0 radical (unpaired) electrons. The number of hydrogen-bond acceptors (Lipinski definition) is 5. The van der Waals surface area contributed by atoms with Gasteiger partial charge in [-0.2, -0.15) is 4.31 Å². The number of aryl methyl sites for hydroxylation is 1. The predicted molar refractivity (Wildman–Crippen MR) is 128 cm³/mol. The number of nitrogens with one attached hydrogen (secondary N) is 1. The minimum Gasteiger partial charge on any atom is -0.496 e. The summed E-state index contributed by atoms with van der Waals surface area (Å²) in [5, 5.41) is 2.96. The Balaban J connectivity index is 1.79. The van der Waals surface area contributed by atoms with Gasteiger partial charge in [-0.15, -0.1) is 0 Å². The monoisotopic (exact) mass is 486 g/mol. The van der Waals surface area contributed by atoms with Crippen LogP contribution in [0.25, 0.3) is 0 Å². The fourth-order valence-electron chi connectivity index (χ4n) is 3.23. The maximum Gasteiger partial charge on any atom is 0.243 e. The Morgan fingerprint density at radius 3 is 2.36 bits per heavy atom. The topological polar surface area (TPSA) is 92.8 Å². The summed E-state index contributed by atoms with van der Waals surface area (Å²) < 4.78 is 31.9. The first kappa shape index (κ1) is 24.4. The molecule has 172 valence electrons. The van der Waals surface area contributed by atoms with E-state index in [1.54, 1.807) is 49.4 Å². The molecule has 0 aliphatic rings. The molecule has 0 saturated heterocycles. The Kier molecular flexibility index (Phi) is 7.53. The number of ether oxygens (including phenoxy) is 1. The second-order valence-electron chi connectivity index (χ2n) is 7.33. The maximum atomic E-state index is 12.9. The van der Waals surface area contributed by atoms with Crippen molar-refractivity contribution in [2.45, 2.75) is 11.8 Å². The van der Waals surface area contributed by atoms with Gasteiger partial charge in [-0.25, -0.2) is 8.42 Å². The third-order valence-corrected chi connectivity index (χ3v) is 7.01. The van der Waals surface area contributed by atoms with Crippen LogP contribution in [0.15, 0.2) is 71.6 Å². The van der Waals surface area contributed by atoms with Gasteiger partial charge in [0.15, 0.2) is 5.78 Å². The van der Waals surface area contributed by atoms with Crippen molar-refractivity contribution < 1.29 is 22.7 Å². The Bertz CT molecular complexity index is 1290. The van der Waals surface area contributed by atoms with Crippen LogP contribution in [-0.2, 0) is 14.8 Å². The summed E-state index contributed by atoms with van der Waals surface area (Å²) in [4.78, 5) is 25.7. The molecule has 0 heterocycles. The molecule has 1 N–H and O–H groups in total. The fraction of sp³-hybridized carbons (Fsp3) is 0.167. The highest BCUT2D eigenvalue weighted by Gasteiger charge is 2.24. The molecule has 0 aliphatic carbocycles. The normalized spacial score (nSPS) is 11.3. The summed E-state index contributed by atoms with van der Waals surface area (Å²) in [5.74, 6) is -0.355. The molecular formula is C24H23ClN2O5S. The molecule has 0 atom stereocenters. The van der Waals surface area contributed by atoms with Crippen LogP contribution in [0.5, 0.6) is 5.75 Å². The first-order chi connectivity index (χ1) is 15.6. The second-order valence-corrected chi connectivity index (χ2v) is 9.81. The quantitative estimate of drug-likeness (QED) is 0.483. The molecule has 3 aromatic carbocycles. The van der Waals surface area contributed by atoms with Gasteiger partial charge in [0.25, 0.3) is 0 Å². The predicted octanol–water partition coefficient (Wildman–Crippen LogP) is 4.15. The van der Waals surface area contributed by atoms with Crippen LogP contribution in [0.3, 0.4) is 0 Å². The van der Waals surface area contributed by atoms with Crippen molar-refractivity contribution in [3.63, 3.8) is 0 Å². The molecule has 0 spiro atoms. The zero-order chi connectivity index (χ0) is 24.2. The number of amides is 1. The molecular weight excluding hydrogens is 464 g/mol. The van der Waals surface area contributed by atoms with Crippen molar-refractivity contribution in [3.05, 3.63) is 88.4 Å². The highest BCUT2D eigenvalue weighted by atomic mass is 35.5. The first-order valence-electron chi connectivity index (χ1n) is 9.93. The zero-order valence-electron chi connectivity index (χ0n) is 18.3. The lowest BCUT2D eigenvalue weighted by molar-refractivity contribution is -0.116. The minimum absolute atomic E-state index is 0.0440. The van der Waals surface area contributed by atoms with Crippen LogP contribution in [0.4, 0.5) is 5.69 Å². The lowest BCUT2D eigenvalue weighted by Gasteiger charge is -2.18. The fourth-order valence-corrected chi connectivity index (χ4v) is 4.61. The average Bonchev–Trinajstić information content (AvgIpc) is 2.80. The lowest BCUT2D eigenvalue weighted by atomic mass is 10.0. The number of sulfonamides is 1. The van der Waals surface area contributed by atoms with E-state index < -0.39 is 22.5 Å². The number of methoxy groups -OCH3 is 1. The van der Waals surface area contributed by atoms with Gasteiger partial charge in [0, 0.05) is 23.2 Å². The standard InChI is InChI=1S/C24H23ClN2O5S/c1-16-13-19(10-12-22(16)32-3)33(30,31)27(2)15-23(28)26-21-11-9-18(25)14-20(21)24(29)17-7-5-4-6-8-17/h4-14H,15H2,1-3H3,(H,26,28). The highest BCUT2D eigenvalue weighted by molar-refractivity contribution is 7.89. The maximum absolute atomic E-state index is 12.9. The number of rotatable bonds is 8. The molecule has 0 unspecified atom stereocenters. The van der Waals surface area contributed by atoms with Gasteiger partial charge in [0.05, 0.1) is 24.2 Å². The second kappa shape index (κ2) is 10.2. The van der Waals surface area contributed by atoms with Crippen molar-refractivity contribution >= 4 is 39.0 Å². The van der Waals surface area contributed by atoms with E-state index in [9.17, 15) is 18.0 Å². The lowest BCUT2D eigenvalue weighted by Crippen LogP contribution is -2.35. The smallest absolute Gasteiger partial charge is 0.243 e. The van der Waals surface area contributed by atoms with Crippen molar-refractivity contribution in [1.82, 2.24) is 4.31 Å². The summed E-state index contributed by atoms with van der Waals surface area (Å²) in [6.45, 7) is 1.28. The molecule has 0 aromatic heterocycles. The van der Waals surface area contributed by atoms with Crippen LogP contribution in [0.2, 0.25) is 5.02 Å². The first-order valence-corrected chi connectivity index (χ1v) is 11.8. The van der Waals surface area contributed by atoms with Crippen molar-refractivity contribution in [1.29, 1.82) is 0 Å². The number of carbonyl (C=O) groups excluding carboxylic acids is 2. The van der Waals surface area contributed by atoms with E-state index in [1.807, 2.05) is 0 Å². The number of nitrogens with zero attached hydrogens (tertiary/aromatic N) is 1. The molecule has 33 heavy (non-hydrogen) atoms. The minimum atomic E-state index is -3.92. The van der Waals surface area contributed by atoms with E-state index in [0.717, 1.165) is 4.31 Å². The summed E-state index contributed by atoms with van der Waals surface area (Å²) in [6, 6.07) is 17.6. The number of anilines is 1. The molecule has 3 rings (SSSR count). The molecule has 3 aromatic rings. The molecule has 9 heteroatoms. The number of carbonyl (C=O) groups is 2. The van der Waals surface area contributed by atoms with E-state index in [4.69, 9.17) is 16.3 Å². The number of likely N-dealkylation sites (N-methyl/N-ethyl adjacent to an activating group) is 1. The number of ketones is 1. The molecule has 1 amide bonds. The van der Waals surface area contributed by atoms with Gasteiger partial charge in [-0.3, -0.25) is 9.59 Å². The Hall–Kier alpha value is -3.20. The highest BCUT2D eigenvalue weighted by Crippen LogP contribution is 2.25. The SMILES string of the molecule is COc1ccc(S(=O)(=O)N(C)CC(=O)Nc2ccc(Cl)cc2C(=O)c2ccccc2)cc1C. The van der Waals surface area contributed by atoms with E-state index in [1.165, 1.54) is 38.4 Å². The van der Waals surface area contributed by atoms with Crippen molar-refractivity contribution in [3.8, 4) is 5.75 Å². The van der Waals surface area contributed by atoms with Gasteiger partial charge in [-0.1, -0.05) is 41.9 Å². The largest absolute Gasteiger partial charge is 0.496 e. The van der Waals surface area contributed by atoms with Gasteiger partial charge < -0.3 is 10.1 Å². The number of halogens is 1. The van der Waals surface area contributed by atoms with Crippen molar-refractivity contribution in [2.75, 3.05) is 26.0 Å². The van der Waals surface area contributed by atoms with Crippen LogP contribution in [-0.4, -0.2) is 45.1 Å².